The number of hydrogen-bond donors (Lipinski definition) is 2. The minimum atomic E-state index is -0.301. The second-order valence-electron chi connectivity index (χ2n) is 6.22. The smallest absolute Gasteiger partial charge is 0.279 e. The van der Waals surface area contributed by atoms with E-state index in [1.807, 2.05) is 19.2 Å². The molecule has 2 N–H and O–H groups in total. The van der Waals surface area contributed by atoms with Crippen LogP contribution in [0.3, 0.4) is 0 Å². The summed E-state index contributed by atoms with van der Waals surface area (Å²) in [7, 11) is 3.46. The number of nitrogens with zero attached hydrogens (tertiary/aromatic N) is 1. The van der Waals surface area contributed by atoms with Crippen LogP contribution < -0.4 is 15.0 Å². The highest BCUT2D eigenvalue weighted by atomic mass is 19.1. The summed E-state index contributed by atoms with van der Waals surface area (Å²) in [6, 6.07) is 13.2. The minimum absolute atomic E-state index is 0.119. The van der Waals surface area contributed by atoms with Crippen LogP contribution in [0, 0.1) is 5.82 Å². The second kappa shape index (κ2) is 8.46. The summed E-state index contributed by atoms with van der Waals surface area (Å²) in [5, 5.41) is 2.84. The molecule has 0 aliphatic carbocycles. The summed E-state index contributed by atoms with van der Waals surface area (Å²) in [5.74, 6) is 1.34. The molecule has 0 bridgehead atoms. The number of ether oxygens (including phenoxy) is 1. The summed E-state index contributed by atoms with van der Waals surface area (Å²) in [6.07, 6.45) is 1.60. The van der Waals surface area contributed by atoms with Crippen LogP contribution in [0.4, 0.5) is 10.1 Å². The lowest BCUT2D eigenvalue weighted by Crippen LogP contribution is -3.08. The lowest BCUT2D eigenvalue weighted by atomic mass is 10.2. The van der Waals surface area contributed by atoms with Gasteiger partial charge in [-0.2, -0.15) is 0 Å². The molecular formula is C20H21FN3O3+. The zero-order valence-electron chi connectivity index (χ0n) is 15.2. The molecule has 1 aromatic heterocycles. The lowest BCUT2D eigenvalue weighted by molar-refractivity contribution is -0.886. The fraction of sp³-hybridized carbons (Fsp3) is 0.200. The Kier molecular flexibility index (Phi) is 5.83. The standard InChI is InChI=1S/C20H20FN3O3/c1-24(12-19(25)23-16-4-3-5-17(10-16)26-2)13-20-22-11-18(27-20)14-6-8-15(21)9-7-14/h3-11H,12-13H2,1-2H3,(H,23,25)/p+1. The molecule has 7 heteroatoms. The average Bonchev–Trinajstić information content (AvgIpc) is 3.10. The number of oxazole rings is 1. The maximum atomic E-state index is 13.0. The molecule has 6 nitrogen and oxygen atoms in total. The van der Waals surface area contributed by atoms with Crippen molar-refractivity contribution in [1.29, 1.82) is 0 Å². The number of rotatable bonds is 7. The van der Waals surface area contributed by atoms with E-state index in [0.717, 1.165) is 10.5 Å². The van der Waals surface area contributed by atoms with Gasteiger partial charge in [0, 0.05) is 17.3 Å². The highest BCUT2D eigenvalue weighted by Gasteiger charge is 2.15. The monoisotopic (exact) mass is 370 g/mol. The van der Waals surface area contributed by atoms with E-state index in [1.54, 1.807) is 37.6 Å². The summed E-state index contributed by atoms with van der Waals surface area (Å²) in [6.45, 7) is 0.707. The van der Waals surface area contributed by atoms with Crippen molar-refractivity contribution in [3.63, 3.8) is 0 Å². The van der Waals surface area contributed by atoms with Crippen molar-refractivity contribution in [2.75, 3.05) is 26.0 Å². The third kappa shape index (κ3) is 5.15. The van der Waals surface area contributed by atoms with Crippen molar-refractivity contribution in [3.8, 4) is 17.1 Å². The first-order valence-electron chi connectivity index (χ1n) is 8.49. The molecule has 1 atom stereocenters. The van der Waals surface area contributed by atoms with Crippen LogP contribution in [0.5, 0.6) is 5.75 Å². The quantitative estimate of drug-likeness (QED) is 0.669. The molecule has 0 spiro atoms. The van der Waals surface area contributed by atoms with E-state index in [9.17, 15) is 9.18 Å². The van der Waals surface area contributed by atoms with Gasteiger partial charge in [-0.3, -0.25) is 4.79 Å². The summed E-state index contributed by atoms with van der Waals surface area (Å²) < 4.78 is 23.9. The second-order valence-corrected chi connectivity index (χ2v) is 6.22. The van der Waals surface area contributed by atoms with Crippen molar-refractivity contribution in [2.24, 2.45) is 0 Å². The van der Waals surface area contributed by atoms with Crippen molar-refractivity contribution in [2.45, 2.75) is 6.54 Å². The van der Waals surface area contributed by atoms with E-state index in [1.165, 1.54) is 12.1 Å². The van der Waals surface area contributed by atoms with Gasteiger partial charge in [0.15, 0.2) is 18.8 Å². The van der Waals surface area contributed by atoms with E-state index < -0.39 is 0 Å². The fourth-order valence-electron chi connectivity index (χ4n) is 2.64. The number of methoxy groups -OCH3 is 1. The van der Waals surface area contributed by atoms with Gasteiger partial charge in [0.05, 0.1) is 20.4 Å². The molecule has 0 aliphatic rings. The average molecular weight is 370 g/mol. The van der Waals surface area contributed by atoms with E-state index >= 15 is 0 Å². The Bertz CT molecular complexity index is 909. The highest BCUT2D eigenvalue weighted by Crippen LogP contribution is 2.20. The Labute approximate surface area is 156 Å². The SMILES string of the molecule is COc1cccc(NC(=O)C[NH+](C)Cc2ncc(-c3ccc(F)cc3)o2)c1. The van der Waals surface area contributed by atoms with Gasteiger partial charge in [-0.15, -0.1) is 0 Å². The number of nitrogens with one attached hydrogen (secondary N) is 2. The molecule has 2 aromatic carbocycles. The summed E-state index contributed by atoms with van der Waals surface area (Å²) >= 11 is 0. The molecule has 140 valence electrons. The van der Waals surface area contributed by atoms with Gasteiger partial charge in [0.25, 0.3) is 11.8 Å². The Morgan fingerprint density at radius 1 is 1.26 bits per heavy atom. The van der Waals surface area contributed by atoms with Crippen molar-refractivity contribution >= 4 is 11.6 Å². The number of halogens is 1. The van der Waals surface area contributed by atoms with Gasteiger partial charge >= 0.3 is 0 Å². The van der Waals surface area contributed by atoms with Crippen LogP contribution in [0.25, 0.3) is 11.3 Å². The van der Waals surface area contributed by atoms with E-state index in [0.29, 0.717) is 29.6 Å². The highest BCUT2D eigenvalue weighted by molar-refractivity contribution is 5.91. The number of benzene rings is 2. The third-order valence-electron chi connectivity index (χ3n) is 3.95. The molecule has 0 fully saturated rings. The Morgan fingerprint density at radius 3 is 2.78 bits per heavy atom. The third-order valence-corrected chi connectivity index (χ3v) is 3.95. The van der Waals surface area contributed by atoms with Crippen LogP contribution in [-0.2, 0) is 11.3 Å². The normalized spacial score (nSPS) is 11.8. The number of amides is 1. The molecule has 0 saturated heterocycles. The van der Waals surface area contributed by atoms with Gasteiger partial charge in [0.1, 0.15) is 11.6 Å². The van der Waals surface area contributed by atoms with Crippen LogP contribution >= 0.6 is 0 Å². The number of likely N-dealkylation sites (N-methyl/N-ethyl adjacent to an activating group) is 1. The van der Waals surface area contributed by atoms with Crippen molar-refractivity contribution in [1.82, 2.24) is 4.98 Å². The first kappa shape index (κ1) is 18.6. The predicted octanol–water partition coefficient (Wildman–Crippen LogP) is 2.14. The maximum Gasteiger partial charge on any atom is 0.279 e. The Balaban J connectivity index is 1.55. The van der Waals surface area contributed by atoms with E-state index in [2.05, 4.69) is 10.3 Å². The maximum absolute atomic E-state index is 13.0. The fourth-order valence-corrected chi connectivity index (χ4v) is 2.64. The molecule has 1 amide bonds. The van der Waals surface area contributed by atoms with E-state index in [-0.39, 0.29) is 18.3 Å². The largest absolute Gasteiger partial charge is 0.497 e. The molecule has 3 rings (SSSR count). The molecule has 3 aromatic rings. The zero-order chi connectivity index (χ0) is 19.2. The molecule has 1 heterocycles. The number of anilines is 1. The zero-order valence-corrected chi connectivity index (χ0v) is 15.2. The lowest BCUT2D eigenvalue weighted by Gasteiger charge is -2.12. The number of aromatic nitrogens is 1. The van der Waals surface area contributed by atoms with Gasteiger partial charge in [-0.05, 0) is 36.4 Å². The topological polar surface area (TPSA) is 68.8 Å². The van der Waals surface area contributed by atoms with Gasteiger partial charge in [-0.25, -0.2) is 9.37 Å². The Morgan fingerprint density at radius 2 is 2.04 bits per heavy atom. The number of carbonyl (C=O) groups excluding carboxylic acids is 1. The molecule has 27 heavy (non-hydrogen) atoms. The Hall–Kier alpha value is -3.19. The molecule has 0 radical (unpaired) electrons. The number of quaternary nitrogens is 1. The molecular weight excluding hydrogens is 349 g/mol. The van der Waals surface area contributed by atoms with Crippen molar-refractivity contribution in [3.05, 3.63) is 66.4 Å². The molecule has 0 saturated carbocycles. The van der Waals surface area contributed by atoms with Gasteiger partial charge in [0.2, 0.25) is 0 Å². The molecule has 0 aliphatic heterocycles. The van der Waals surface area contributed by atoms with E-state index in [4.69, 9.17) is 9.15 Å². The molecule has 1 unspecified atom stereocenters. The van der Waals surface area contributed by atoms with Crippen LogP contribution in [0.15, 0.2) is 59.1 Å². The minimum Gasteiger partial charge on any atom is -0.497 e. The number of carbonyl (C=O) groups is 1. The summed E-state index contributed by atoms with van der Waals surface area (Å²) in [5.41, 5.74) is 1.44. The van der Waals surface area contributed by atoms with Crippen molar-refractivity contribution < 1.29 is 23.2 Å². The first-order chi connectivity index (χ1) is 13.0. The van der Waals surface area contributed by atoms with Crippen LogP contribution in [0.1, 0.15) is 5.89 Å². The first-order valence-corrected chi connectivity index (χ1v) is 8.49. The van der Waals surface area contributed by atoms with Gasteiger partial charge in [-0.1, -0.05) is 6.07 Å². The van der Waals surface area contributed by atoms with Crippen LogP contribution in [0.2, 0.25) is 0 Å². The van der Waals surface area contributed by atoms with Crippen LogP contribution in [-0.4, -0.2) is 31.6 Å². The predicted molar refractivity (Wildman–Crippen MR) is 99.0 cm³/mol. The summed E-state index contributed by atoms with van der Waals surface area (Å²) in [4.78, 5) is 17.4. The van der Waals surface area contributed by atoms with Gasteiger partial charge < -0.3 is 19.4 Å². The number of hydrogen-bond acceptors (Lipinski definition) is 4.